The Balaban J connectivity index is 1.91. The minimum Gasteiger partial charge on any atom is -0.457 e. The maximum absolute atomic E-state index is 14.6. The van der Waals surface area contributed by atoms with Crippen LogP contribution in [0.3, 0.4) is 0 Å². The van der Waals surface area contributed by atoms with Crippen molar-refractivity contribution in [2.45, 2.75) is 36.5 Å². The molecule has 0 radical (unpaired) electrons. The van der Waals surface area contributed by atoms with Gasteiger partial charge in [0.2, 0.25) is 0 Å². The first kappa shape index (κ1) is 18.6. The van der Waals surface area contributed by atoms with Gasteiger partial charge in [-0.3, -0.25) is 0 Å². The molecule has 2 aliphatic rings. The molecule has 4 rings (SSSR count). The molecule has 1 N–H and O–H groups in total. The van der Waals surface area contributed by atoms with E-state index in [1.54, 1.807) is 6.07 Å². The van der Waals surface area contributed by atoms with Crippen LogP contribution in [0.5, 0.6) is 11.5 Å². The molecule has 0 unspecified atom stereocenters. The topological polar surface area (TPSA) is 53.2 Å². The number of nitrogens with zero attached hydrogens (tertiary/aromatic N) is 1. The number of hydrogen-bond donors (Lipinski definition) is 1. The summed E-state index contributed by atoms with van der Waals surface area (Å²) in [5.41, 5.74) is -6.04. The van der Waals surface area contributed by atoms with Crippen LogP contribution in [-0.4, -0.2) is 11.0 Å². The predicted molar refractivity (Wildman–Crippen MR) is 83.5 cm³/mol. The van der Waals surface area contributed by atoms with Crippen molar-refractivity contribution in [3.05, 3.63) is 58.4 Å². The maximum Gasteiger partial charge on any atom is 0.346 e. The third-order valence-electron chi connectivity index (χ3n) is 5.17. The molecule has 2 aliphatic carbocycles. The SMILES string of the molecule is N#Cc1cc(F)cc(Oc2ccc3c4c2[C@@H](F)CC[C@@]4(O)C(F)(F)C3(F)F)c1. The largest absolute Gasteiger partial charge is 0.457 e. The zero-order valence-corrected chi connectivity index (χ0v) is 13.9. The van der Waals surface area contributed by atoms with Gasteiger partial charge in [0.25, 0.3) is 0 Å². The molecule has 2 aromatic rings. The van der Waals surface area contributed by atoms with E-state index in [-0.39, 0.29) is 11.3 Å². The molecule has 0 saturated heterocycles. The van der Waals surface area contributed by atoms with E-state index in [1.807, 2.05) is 0 Å². The highest BCUT2D eigenvalue weighted by molar-refractivity contribution is 5.58. The molecule has 2 atom stereocenters. The van der Waals surface area contributed by atoms with E-state index in [1.165, 1.54) is 0 Å². The highest BCUT2D eigenvalue weighted by atomic mass is 19.3. The van der Waals surface area contributed by atoms with Gasteiger partial charge in [0.1, 0.15) is 23.5 Å². The first-order chi connectivity index (χ1) is 13.0. The van der Waals surface area contributed by atoms with Crippen LogP contribution in [0.4, 0.5) is 26.3 Å². The molecule has 2 aromatic carbocycles. The molecule has 0 spiro atoms. The van der Waals surface area contributed by atoms with Gasteiger partial charge in [0, 0.05) is 22.8 Å². The monoisotopic (exact) mass is 399 g/mol. The van der Waals surface area contributed by atoms with E-state index in [4.69, 9.17) is 10.00 Å². The van der Waals surface area contributed by atoms with Gasteiger partial charge in [-0.05, 0) is 37.1 Å². The minimum atomic E-state index is -4.83. The molecule has 0 bridgehead atoms. The maximum atomic E-state index is 14.6. The van der Waals surface area contributed by atoms with Crippen molar-refractivity contribution in [3.8, 4) is 17.6 Å². The van der Waals surface area contributed by atoms with Gasteiger partial charge in [-0.25, -0.2) is 8.78 Å². The standard InChI is InChI=1S/C19H11F6NO2/c20-10-5-9(8-26)6-11(7-10)28-14-2-1-12-16-15(14)13(21)3-4-17(16,27)19(24,25)18(12,22)23/h1-2,5-7,13,27H,3-4H2/t13-,17-/m0/s1. The Morgan fingerprint density at radius 3 is 2.54 bits per heavy atom. The van der Waals surface area contributed by atoms with Crippen LogP contribution >= 0.6 is 0 Å². The average Bonchev–Trinajstić information content (AvgIpc) is 2.74. The molecule has 0 saturated carbocycles. The normalized spacial score (nSPS) is 26.4. The number of aliphatic hydroxyl groups is 1. The lowest BCUT2D eigenvalue weighted by atomic mass is 9.77. The fourth-order valence-electron chi connectivity index (χ4n) is 3.87. The Kier molecular flexibility index (Phi) is 3.75. The third-order valence-corrected chi connectivity index (χ3v) is 5.17. The number of nitriles is 1. The summed E-state index contributed by atoms with van der Waals surface area (Å²) in [6.45, 7) is 0. The summed E-state index contributed by atoms with van der Waals surface area (Å²) < 4.78 is 90.9. The Hall–Kier alpha value is -2.73. The fraction of sp³-hybridized carbons (Fsp3) is 0.316. The highest BCUT2D eigenvalue weighted by Gasteiger charge is 2.77. The molecule has 9 heteroatoms. The lowest BCUT2D eigenvalue weighted by Crippen LogP contribution is -2.50. The second-order valence-electron chi connectivity index (χ2n) is 6.80. The number of benzene rings is 2. The van der Waals surface area contributed by atoms with Crippen molar-refractivity contribution >= 4 is 0 Å². The van der Waals surface area contributed by atoms with Crippen LogP contribution in [0.1, 0.15) is 41.3 Å². The molecule has 28 heavy (non-hydrogen) atoms. The fourth-order valence-corrected chi connectivity index (χ4v) is 3.87. The van der Waals surface area contributed by atoms with Crippen LogP contribution < -0.4 is 4.74 Å². The first-order valence-corrected chi connectivity index (χ1v) is 8.21. The van der Waals surface area contributed by atoms with Gasteiger partial charge in [-0.1, -0.05) is 0 Å². The Bertz CT molecular complexity index is 1030. The summed E-state index contributed by atoms with van der Waals surface area (Å²) in [6.07, 6.45) is -3.46. The number of alkyl halides is 5. The summed E-state index contributed by atoms with van der Waals surface area (Å²) in [6, 6.07) is 6.10. The summed E-state index contributed by atoms with van der Waals surface area (Å²) in [5, 5.41) is 19.3. The van der Waals surface area contributed by atoms with E-state index in [0.29, 0.717) is 6.07 Å². The van der Waals surface area contributed by atoms with Crippen molar-refractivity contribution in [2.75, 3.05) is 0 Å². The molecule has 0 heterocycles. The van der Waals surface area contributed by atoms with Gasteiger partial charge < -0.3 is 9.84 Å². The van der Waals surface area contributed by atoms with Crippen LogP contribution in [0.15, 0.2) is 30.3 Å². The van der Waals surface area contributed by atoms with Gasteiger partial charge in [-0.15, -0.1) is 0 Å². The third kappa shape index (κ3) is 2.21. The zero-order chi connectivity index (χ0) is 20.5. The molecule has 146 valence electrons. The van der Waals surface area contributed by atoms with Gasteiger partial charge >= 0.3 is 11.8 Å². The van der Waals surface area contributed by atoms with Gasteiger partial charge in [-0.2, -0.15) is 22.8 Å². The summed E-state index contributed by atoms with van der Waals surface area (Å²) >= 11 is 0. The lowest BCUT2D eigenvalue weighted by Gasteiger charge is -2.37. The lowest BCUT2D eigenvalue weighted by molar-refractivity contribution is -0.289. The van der Waals surface area contributed by atoms with Crippen LogP contribution in [-0.2, 0) is 11.5 Å². The van der Waals surface area contributed by atoms with E-state index in [2.05, 4.69) is 0 Å². The summed E-state index contributed by atoms with van der Waals surface area (Å²) in [7, 11) is 0. The molecular weight excluding hydrogens is 388 g/mol. The van der Waals surface area contributed by atoms with Gasteiger partial charge in [0.05, 0.1) is 11.6 Å². The summed E-state index contributed by atoms with van der Waals surface area (Å²) in [4.78, 5) is 0. The smallest absolute Gasteiger partial charge is 0.346 e. The number of halogens is 6. The number of rotatable bonds is 2. The van der Waals surface area contributed by atoms with E-state index >= 15 is 0 Å². The Morgan fingerprint density at radius 2 is 1.86 bits per heavy atom. The molecule has 0 fully saturated rings. The van der Waals surface area contributed by atoms with Crippen molar-refractivity contribution in [1.82, 2.24) is 0 Å². The van der Waals surface area contributed by atoms with Crippen molar-refractivity contribution < 1.29 is 36.2 Å². The zero-order valence-electron chi connectivity index (χ0n) is 13.9. The van der Waals surface area contributed by atoms with Crippen LogP contribution in [0.2, 0.25) is 0 Å². The second kappa shape index (κ2) is 5.64. The molecule has 3 nitrogen and oxygen atoms in total. The molecule has 0 aromatic heterocycles. The number of ether oxygens (including phenoxy) is 1. The van der Waals surface area contributed by atoms with E-state index < -0.39 is 64.7 Å². The summed E-state index contributed by atoms with van der Waals surface area (Å²) in [5.74, 6) is -11.0. The molecule has 0 aliphatic heterocycles. The molecule has 0 amide bonds. The second-order valence-corrected chi connectivity index (χ2v) is 6.80. The van der Waals surface area contributed by atoms with Crippen LogP contribution in [0.25, 0.3) is 0 Å². The van der Waals surface area contributed by atoms with E-state index in [0.717, 1.165) is 24.3 Å². The average molecular weight is 399 g/mol. The van der Waals surface area contributed by atoms with Gasteiger partial charge in [0.15, 0.2) is 5.60 Å². The Labute approximate surface area is 154 Å². The minimum absolute atomic E-state index is 0.115. The Morgan fingerprint density at radius 1 is 1.14 bits per heavy atom. The number of hydrogen-bond acceptors (Lipinski definition) is 3. The van der Waals surface area contributed by atoms with Crippen molar-refractivity contribution in [3.63, 3.8) is 0 Å². The predicted octanol–water partition coefficient (Wildman–Crippen LogP) is 5.22. The first-order valence-electron chi connectivity index (χ1n) is 8.21. The van der Waals surface area contributed by atoms with Crippen LogP contribution in [0, 0.1) is 17.1 Å². The van der Waals surface area contributed by atoms with E-state index in [9.17, 15) is 31.4 Å². The highest BCUT2D eigenvalue weighted by Crippen LogP contribution is 2.66. The molecular formula is C19H11F6NO2. The quantitative estimate of drug-likeness (QED) is 0.705. The van der Waals surface area contributed by atoms with Crippen molar-refractivity contribution in [1.29, 1.82) is 5.26 Å². The van der Waals surface area contributed by atoms with Crippen molar-refractivity contribution in [2.24, 2.45) is 0 Å².